The van der Waals surface area contributed by atoms with Crippen molar-refractivity contribution in [3.63, 3.8) is 0 Å². The van der Waals surface area contributed by atoms with Crippen molar-refractivity contribution in [1.82, 2.24) is 5.32 Å². The molecule has 0 saturated carbocycles. The molecule has 1 heterocycles. The number of carbonyl (C=O) groups excluding carboxylic acids is 1. The second-order valence-electron chi connectivity index (χ2n) is 4.37. The maximum atomic E-state index is 11.7. The van der Waals surface area contributed by atoms with E-state index in [-0.39, 0.29) is 24.9 Å². The molecular weight excluding hydrogens is 212 g/mol. The molecule has 6 nitrogen and oxygen atoms in total. The van der Waals surface area contributed by atoms with Crippen molar-refractivity contribution in [3.05, 3.63) is 0 Å². The van der Waals surface area contributed by atoms with Gasteiger partial charge in [0.15, 0.2) is 0 Å². The zero-order valence-corrected chi connectivity index (χ0v) is 9.36. The highest BCUT2D eigenvalue weighted by Gasteiger charge is 2.38. The number of hydrogen-bond acceptors (Lipinski definition) is 4. The van der Waals surface area contributed by atoms with Gasteiger partial charge in [-0.2, -0.15) is 0 Å². The number of carboxylic acid groups (broad SMARTS) is 1. The highest BCUT2D eigenvalue weighted by molar-refractivity contribution is 5.86. The first-order chi connectivity index (χ1) is 7.44. The molecule has 92 valence electrons. The Balaban J connectivity index is 2.32. The summed E-state index contributed by atoms with van der Waals surface area (Å²) in [5.41, 5.74) is 4.90. The summed E-state index contributed by atoms with van der Waals surface area (Å²) in [6.45, 7) is 2.81. The van der Waals surface area contributed by atoms with E-state index in [4.69, 9.17) is 15.6 Å². The van der Waals surface area contributed by atoms with Crippen LogP contribution in [-0.2, 0) is 14.3 Å². The first-order valence-corrected chi connectivity index (χ1v) is 5.31. The Labute approximate surface area is 94.1 Å². The first-order valence-electron chi connectivity index (χ1n) is 5.31. The summed E-state index contributed by atoms with van der Waals surface area (Å²) in [5, 5.41) is 11.2. The van der Waals surface area contributed by atoms with E-state index >= 15 is 0 Å². The molecule has 0 aromatic rings. The summed E-state index contributed by atoms with van der Waals surface area (Å²) in [6.07, 6.45) is 0.542. The molecule has 0 aromatic heterocycles. The fourth-order valence-electron chi connectivity index (χ4n) is 1.57. The lowest BCUT2D eigenvalue weighted by Crippen LogP contribution is -2.55. The number of rotatable bonds is 5. The van der Waals surface area contributed by atoms with E-state index in [2.05, 4.69) is 5.32 Å². The number of ether oxygens (including phenoxy) is 1. The van der Waals surface area contributed by atoms with Crippen LogP contribution >= 0.6 is 0 Å². The molecule has 4 N–H and O–H groups in total. The third kappa shape index (κ3) is 3.46. The summed E-state index contributed by atoms with van der Waals surface area (Å²) in [7, 11) is 0. The largest absolute Gasteiger partial charge is 0.481 e. The third-order valence-electron chi connectivity index (χ3n) is 2.64. The molecule has 1 aliphatic rings. The van der Waals surface area contributed by atoms with E-state index in [1.165, 1.54) is 0 Å². The number of nitrogens with one attached hydrogen (secondary N) is 1. The topological polar surface area (TPSA) is 102 Å². The van der Waals surface area contributed by atoms with E-state index in [0.29, 0.717) is 19.6 Å². The highest BCUT2D eigenvalue weighted by atomic mass is 16.5. The fraction of sp³-hybridized carbons (Fsp3) is 0.800. The standard InChI is InChI=1S/C10H18N2O4/c1-7(4-8(13)14)5-12-9(15)10(11)2-3-16-6-10/h7H,2-6,11H2,1H3,(H,12,15)(H,13,14). The van der Waals surface area contributed by atoms with Crippen LogP contribution in [-0.4, -0.2) is 42.3 Å². The minimum absolute atomic E-state index is 0.0361. The molecule has 1 rings (SSSR count). The second kappa shape index (κ2) is 5.27. The lowest BCUT2D eigenvalue weighted by Gasteiger charge is -2.21. The summed E-state index contributed by atoms with van der Waals surface area (Å²) in [5.74, 6) is -1.23. The van der Waals surface area contributed by atoms with Crippen molar-refractivity contribution >= 4 is 11.9 Å². The van der Waals surface area contributed by atoms with Gasteiger partial charge in [-0.25, -0.2) is 0 Å². The number of nitrogens with two attached hydrogens (primary N) is 1. The van der Waals surface area contributed by atoms with Gasteiger partial charge in [0.1, 0.15) is 5.54 Å². The van der Waals surface area contributed by atoms with Crippen LogP contribution in [0.15, 0.2) is 0 Å². The zero-order chi connectivity index (χ0) is 12.2. The predicted octanol–water partition coefficient (Wildman–Crippen LogP) is -0.669. The Kier molecular flexibility index (Phi) is 4.26. The van der Waals surface area contributed by atoms with Crippen molar-refractivity contribution in [2.24, 2.45) is 11.7 Å². The van der Waals surface area contributed by atoms with Crippen LogP contribution in [0.4, 0.5) is 0 Å². The van der Waals surface area contributed by atoms with Gasteiger partial charge in [0.2, 0.25) is 5.91 Å². The van der Waals surface area contributed by atoms with Gasteiger partial charge in [-0.1, -0.05) is 6.92 Å². The molecule has 0 aliphatic carbocycles. The average Bonchev–Trinajstić information content (AvgIpc) is 2.62. The SMILES string of the molecule is CC(CNC(=O)C1(N)CCOC1)CC(=O)O. The molecule has 1 fully saturated rings. The van der Waals surface area contributed by atoms with Crippen LogP contribution in [0.1, 0.15) is 19.8 Å². The Morgan fingerprint density at radius 2 is 2.31 bits per heavy atom. The molecule has 2 unspecified atom stereocenters. The van der Waals surface area contributed by atoms with Crippen LogP contribution < -0.4 is 11.1 Å². The highest BCUT2D eigenvalue weighted by Crippen LogP contribution is 2.15. The molecule has 1 amide bonds. The van der Waals surface area contributed by atoms with Crippen molar-refractivity contribution in [2.75, 3.05) is 19.8 Å². The molecule has 1 saturated heterocycles. The number of aliphatic carboxylic acids is 1. The molecule has 16 heavy (non-hydrogen) atoms. The maximum absolute atomic E-state index is 11.7. The first kappa shape index (κ1) is 12.9. The average molecular weight is 230 g/mol. The molecular formula is C10H18N2O4. The maximum Gasteiger partial charge on any atom is 0.303 e. The van der Waals surface area contributed by atoms with Crippen molar-refractivity contribution in [2.45, 2.75) is 25.3 Å². The molecule has 0 bridgehead atoms. The Hall–Kier alpha value is -1.14. The van der Waals surface area contributed by atoms with Crippen molar-refractivity contribution in [3.8, 4) is 0 Å². The summed E-state index contributed by atoms with van der Waals surface area (Å²) in [6, 6.07) is 0. The molecule has 6 heteroatoms. The van der Waals surface area contributed by atoms with E-state index in [1.807, 2.05) is 0 Å². The van der Waals surface area contributed by atoms with Crippen LogP contribution in [0.3, 0.4) is 0 Å². The summed E-state index contributed by atoms with van der Waals surface area (Å²) >= 11 is 0. The van der Waals surface area contributed by atoms with Crippen LogP contribution in [0.25, 0.3) is 0 Å². The zero-order valence-electron chi connectivity index (χ0n) is 9.36. The molecule has 1 aliphatic heterocycles. The second-order valence-corrected chi connectivity index (χ2v) is 4.37. The lowest BCUT2D eigenvalue weighted by atomic mass is 9.98. The summed E-state index contributed by atoms with van der Waals surface area (Å²) in [4.78, 5) is 22.1. The summed E-state index contributed by atoms with van der Waals surface area (Å²) < 4.78 is 5.07. The van der Waals surface area contributed by atoms with Gasteiger partial charge >= 0.3 is 5.97 Å². The Morgan fingerprint density at radius 3 is 2.81 bits per heavy atom. The van der Waals surface area contributed by atoms with E-state index < -0.39 is 11.5 Å². The van der Waals surface area contributed by atoms with Gasteiger partial charge in [-0.05, 0) is 12.3 Å². The van der Waals surface area contributed by atoms with Crippen LogP contribution in [0, 0.1) is 5.92 Å². The Morgan fingerprint density at radius 1 is 1.62 bits per heavy atom. The normalized spacial score (nSPS) is 26.4. The van der Waals surface area contributed by atoms with E-state index in [0.717, 1.165) is 0 Å². The number of hydrogen-bond donors (Lipinski definition) is 3. The number of carbonyl (C=O) groups is 2. The van der Waals surface area contributed by atoms with Gasteiger partial charge < -0.3 is 20.9 Å². The Bertz CT molecular complexity index is 274. The predicted molar refractivity (Wildman–Crippen MR) is 56.8 cm³/mol. The van der Waals surface area contributed by atoms with Gasteiger partial charge in [0.05, 0.1) is 6.61 Å². The van der Waals surface area contributed by atoms with E-state index in [1.54, 1.807) is 6.92 Å². The third-order valence-corrected chi connectivity index (χ3v) is 2.64. The van der Waals surface area contributed by atoms with Gasteiger partial charge in [0, 0.05) is 19.6 Å². The van der Waals surface area contributed by atoms with Crippen LogP contribution in [0.5, 0.6) is 0 Å². The van der Waals surface area contributed by atoms with Gasteiger partial charge in [-0.3, -0.25) is 9.59 Å². The molecule has 0 spiro atoms. The quantitative estimate of drug-likeness (QED) is 0.581. The lowest BCUT2D eigenvalue weighted by molar-refractivity contribution is -0.138. The monoisotopic (exact) mass is 230 g/mol. The van der Waals surface area contributed by atoms with E-state index in [9.17, 15) is 9.59 Å². The molecule has 0 radical (unpaired) electrons. The minimum atomic E-state index is -0.942. The molecule has 2 atom stereocenters. The number of carboxylic acids is 1. The van der Waals surface area contributed by atoms with Gasteiger partial charge in [-0.15, -0.1) is 0 Å². The fourth-order valence-corrected chi connectivity index (χ4v) is 1.57. The van der Waals surface area contributed by atoms with Crippen LogP contribution in [0.2, 0.25) is 0 Å². The smallest absolute Gasteiger partial charge is 0.303 e. The van der Waals surface area contributed by atoms with Crippen molar-refractivity contribution in [1.29, 1.82) is 0 Å². The number of amides is 1. The van der Waals surface area contributed by atoms with Gasteiger partial charge in [0.25, 0.3) is 0 Å². The molecule has 0 aromatic carbocycles. The minimum Gasteiger partial charge on any atom is -0.481 e. The van der Waals surface area contributed by atoms with Crippen molar-refractivity contribution < 1.29 is 19.4 Å².